The molecule has 0 amide bonds. The third-order valence-electron chi connectivity index (χ3n) is 4.21. The summed E-state index contributed by atoms with van der Waals surface area (Å²) in [7, 11) is 0. The first-order valence-electron chi connectivity index (χ1n) is 7.74. The van der Waals surface area contributed by atoms with Crippen molar-refractivity contribution in [3.8, 4) is 5.88 Å². The van der Waals surface area contributed by atoms with E-state index in [4.69, 9.17) is 15.2 Å². The van der Waals surface area contributed by atoms with Crippen molar-refractivity contribution in [1.29, 1.82) is 0 Å². The quantitative estimate of drug-likeness (QED) is 0.892. The second-order valence-electron chi connectivity index (χ2n) is 5.53. The Balaban J connectivity index is 1.66. The third-order valence-corrected chi connectivity index (χ3v) is 4.21. The van der Waals surface area contributed by atoms with E-state index in [0.29, 0.717) is 24.2 Å². The molecule has 116 valence electrons. The molecule has 3 heterocycles. The van der Waals surface area contributed by atoms with E-state index < -0.39 is 0 Å². The largest absolute Gasteiger partial charge is 0.476 e. The van der Waals surface area contributed by atoms with Crippen molar-refractivity contribution in [2.75, 3.05) is 56.6 Å². The molecule has 0 saturated carbocycles. The third kappa shape index (κ3) is 3.22. The number of nitrogens with zero attached hydrogens (tertiary/aromatic N) is 3. The number of pyridine rings is 1. The molecule has 1 aromatic heterocycles. The molecule has 1 atom stereocenters. The molecule has 2 N–H and O–H groups in total. The average Bonchev–Trinajstić information content (AvgIpc) is 3.00. The molecule has 0 bridgehead atoms. The summed E-state index contributed by atoms with van der Waals surface area (Å²) in [6.45, 7) is 8.36. The van der Waals surface area contributed by atoms with Crippen LogP contribution < -0.4 is 15.4 Å². The minimum atomic E-state index is 0.546. The summed E-state index contributed by atoms with van der Waals surface area (Å²) in [4.78, 5) is 9.41. The second-order valence-corrected chi connectivity index (χ2v) is 5.53. The molecule has 6 nitrogen and oxygen atoms in total. The van der Waals surface area contributed by atoms with E-state index in [9.17, 15) is 0 Å². The first kappa shape index (κ1) is 14.4. The molecule has 0 spiro atoms. The van der Waals surface area contributed by atoms with E-state index in [0.717, 1.165) is 45.2 Å². The molecular weight excluding hydrogens is 268 g/mol. The second kappa shape index (κ2) is 6.49. The summed E-state index contributed by atoms with van der Waals surface area (Å²) in [5, 5.41) is 0. The lowest BCUT2D eigenvalue weighted by Gasteiger charge is -2.32. The lowest BCUT2D eigenvalue weighted by atomic mass is 10.2. The van der Waals surface area contributed by atoms with Crippen molar-refractivity contribution < 1.29 is 9.47 Å². The fourth-order valence-electron chi connectivity index (χ4n) is 3.06. The molecule has 0 aromatic carbocycles. The van der Waals surface area contributed by atoms with Gasteiger partial charge in [-0.15, -0.1) is 0 Å². The van der Waals surface area contributed by atoms with Gasteiger partial charge < -0.3 is 20.1 Å². The minimum absolute atomic E-state index is 0.546. The van der Waals surface area contributed by atoms with Crippen molar-refractivity contribution >= 4 is 11.5 Å². The Morgan fingerprint density at radius 1 is 1.33 bits per heavy atom. The Morgan fingerprint density at radius 3 is 2.90 bits per heavy atom. The number of nitrogen functional groups attached to an aromatic ring is 1. The van der Waals surface area contributed by atoms with Gasteiger partial charge in [0, 0.05) is 32.2 Å². The van der Waals surface area contributed by atoms with Crippen LogP contribution in [-0.2, 0) is 4.74 Å². The summed E-state index contributed by atoms with van der Waals surface area (Å²) in [6, 6.07) is 4.47. The van der Waals surface area contributed by atoms with Crippen LogP contribution in [0.3, 0.4) is 0 Å². The zero-order chi connectivity index (χ0) is 14.7. The summed E-state index contributed by atoms with van der Waals surface area (Å²) < 4.78 is 10.9. The maximum absolute atomic E-state index is 5.89. The molecule has 6 heteroatoms. The van der Waals surface area contributed by atoms with Gasteiger partial charge in [-0.3, -0.25) is 4.90 Å². The molecule has 2 fully saturated rings. The summed E-state index contributed by atoms with van der Waals surface area (Å²) in [5.74, 6) is 1.51. The van der Waals surface area contributed by atoms with Gasteiger partial charge in [-0.25, -0.2) is 0 Å². The van der Waals surface area contributed by atoms with Crippen LogP contribution in [0, 0.1) is 0 Å². The van der Waals surface area contributed by atoms with Crippen molar-refractivity contribution in [1.82, 2.24) is 9.88 Å². The lowest BCUT2D eigenvalue weighted by molar-refractivity contribution is 0.0209. The molecule has 2 saturated heterocycles. The van der Waals surface area contributed by atoms with Gasteiger partial charge in [0.05, 0.1) is 25.5 Å². The van der Waals surface area contributed by atoms with E-state index in [1.54, 1.807) is 0 Å². The summed E-state index contributed by atoms with van der Waals surface area (Å²) in [6.07, 6.45) is 1.18. The van der Waals surface area contributed by atoms with Gasteiger partial charge >= 0.3 is 0 Å². The van der Waals surface area contributed by atoms with Gasteiger partial charge in [-0.05, 0) is 25.5 Å². The Kier molecular flexibility index (Phi) is 4.45. The van der Waals surface area contributed by atoms with Crippen molar-refractivity contribution in [2.24, 2.45) is 0 Å². The minimum Gasteiger partial charge on any atom is -0.476 e. The lowest BCUT2D eigenvalue weighted by Crippen LogP contribution is -2.44. The number of hydrogen-bond acceptors (Lipinski definition) is 6. The van der Waals surface area contributed by atoms with Crippen molar-refractivity contribution in [2.45, 2.75) is 19.4 Å². The molecule has 1 aromatic rings. The first-order chi connectivity index (χ1) is 10.3. The van der Waals surface area contributed by atoms with Gasteiger partial charge in [0.15, 0.2) is 0 Å². The normalized spacial score (nSPS) is 23.5. The number of anilines is 2. The molecule has 2 aliphatic rings. The van der Waals surface area contributed by atoms with Crippen molar-refractivity contribution in [3.63, 3.8) is 0 Å². The molecule has 3 rings (SSSR count). The zero-order valence-corrected chi connectivity index (χ0v) is 12.6. The highest BCUT2D eigenvalue weighted by Crippen LogP contribution is 2.27. The predicted octanol–water partition coefficient (Wildman–Crippen LogP) is 0.973. The van der Waals surface area contributed by atoms with Crippen molar-refractivity contribution in [3.05, 3.63) is 12.1 Å². The van der Waals surface area contributed by atoms with Crippen LogP contribution in [-0.4, -0.2) is 61.9 Å². The fourth-order valence-corrected chi connectivity index (χ4v) is 3.06. The molecule has 1 unspecified atom stereocenters. The van der Waals surface area contributed by atoms with Gasteiger partial charge in [0.2, 0.25) is 5.88 Å². The average molecular weight is 292 g/mol. The zero-order valence-electron chi connectivity index (χ0n) is 12.6. The standard InChI is InChI=1S/C15H24N4O2/c1-2-21-15-13(16)3-4-14(17-15)19-6-5-12(11-19)18-7-9-20-10-8-18/h3-4,12H,2,5-11,16H2,1H3. The molecule has 2 aliphatic heterocycles. The highest BCUT2D eigenvalue weighted by molar-refractivity contribution is 5.55. The highest BCUT2D eigenvalue weighted by Gasteiger charge is 2.29. The van der Waals surface area contributed by atoms with Gasteiger partial charge in [0.25, 0.3) is 0 Å². The molecule has 0 radical (unpaired) electrons. The maximum Gasteiger partial charge on any atom is 0.239 e. The van der Waals surface area contributed by atoms with E-state index in [1.807, 2.05) is 19.1 Å². The van der Waals surface area contributed by atoms with Gasteiger partial charge in [-0.2, -0.15) is 4.98 Å². The Bertz CT molecular complexity index is 477. The Hall–Kier alpha value is -1.53. The van der Waals surface area contributed by atoms with Crippen LogP contribution in [0.2, 0.25) is 0 Å². The predicted molar refractivity (Wildman–Crippen MR) is 82.8 cm³/mol. The fraction of sp³-hybridized carbons (Fsp3) is 0.667. The number of nitrogens with two attached hydrogens (primary N) is 1. The van der Waals surface area contributed by atoms with Crippen LogP contribution in [0.5, 0.6) is 5.88 Å². The molecule has 21 heavy (non-hydrogen) atoms. The Morgan fingerprint density at radius 2 is 2.14 bits per heavy atom. The first-order valence-corrected chi connectivity index (χ1v) is 7.74. The van der Waals surface area contributed by atoms with Crippen LogP contribution in [0.25, 0.3) is 0 Å². The topological polar surface area (TPSA) is 63.8 Å². The van der Waals surface area contributed by atoms with Crippen LogP contribution >= 0.6 is 0 Å². The number of hydrogen-bond donors (Lipinski definition) is 1. The summed E-state index contributed by atoms with van der Waals surface area (Å²) in [5.41, 5.74) is 6.49. The molecule has 0 aliphatic carbocycles. The number of rotatable bonds is 4. The monoisotopic (exact) mass is 292 g/mol. The van der Waals surface area contributed by atoms with Crippen LogP contribution in [0.1, 0.15) is 13.3 Å². The number of ether oxygens (including phenoxy) is 2. The van der Waals surface area contributed by atoms with E-state index in [1.165, 1.54) is 6.42 Å². The van der Waals surface area contributed by atoms with Crippen LogP contribution in [0.4, 0.5) is 11.5 Å². The summed E-state index contributed by atoms with van der Waals surface area (Å²) >= 11 is 0. The SMILES string of the molecule is CCOc1nc(N2CCC(N3CCOCC3)C2)ccc1N. The number of aromatic nitrogens is 1. The van der Waals surface area contributed by atoms with Crippen LogP contribution in [0.15, 0.2) is 12.1 Å². The van der Waals surface area contributed by atoms with E-state index in [2.05, 4.69) is 14.8 Å². The van der Waals surface area contributed by atoms with Gasteiger partial charge in [-0.1, -0.05) is 0 Å². The smallest absolute Gasteiger partial charge is 0.239 e. The number of morpholine rings is 1. The van der Waals surface area contributed by atoms with E-state index >= 15 is 0 Å². The maximum atomic E-state index is 5.89. The Labute approximate surface area is 125 Å². The van der Waals surface area contributed by atoms with E-state index in [-0.39, 0.29) is 0 Å². The van der Waals surface area contributed by atoms with Gasteiger partial charge in [0.1, 0.15) is 5.82 Å². The highest BCUT2D eigenvalue weighted by atomic mass is 16.5. The molecular formula is C15H24N4O2.